The Morgan fingerprint density at radius 1 is 1.46 bits per heavy atom. The monoisotopic (exact) mass is 184 g/mol. The molecule has 0 radical (unpaired) electrons. The molecule has 2 nitrogen and oxygen atoms in total. The van der Waals surface area contributed by atoms with Crippen LogP contribution in [-0.2, 0) is 9.53 Å². The summed E-state index contributed by atoms with van der Waals surface area (Å²) < 4.78 is 5.26. The smallest absolute Gasteiger partial charge is 0.133 e. The summed E-state index contributed by atoms with van der Waals surface area (Å²) in [6.07, 6.45) is 4.85. The summed E-state index contributed by atoms with van der Waals surface area (Å²) in [6.45, 7) is 4.05. The van der Waals surface area contributed by atoms with Crippen LogP contribution >= 0.6 is 0 Å². The third-order valence-corrected chi connectivity index (χ3v) is 2.77. The highest BCUT2D eigenvalue weighted by atomic mass is 16.5. The van der Waals surface area contributed by atoms with Gasteiger partial charge in [-0.1, -0.05) is 0 Å². The maximum Gasteiger partial charge on any atom is 0.133 e. The highest BCUT2D eigenvalue weighted by Gasteiger charge is 2.25. The molecule has 0 aromatic carbocycles. The molecule has 0 aromatic heterocycles. The van der Waals surface area contributed by atoms with E-state index >= 15 is 0 Å². The van der Waals surface area contributed by atoms with E-state index < -0.39 is 0 Å². The summed E-state index contributed by atoms with van der Waals surface area (Å²) in [4.78, 5) is 11.4. The Kier molecular flexibility index (Phi) is 3.48. The molecule has 0 heterocycles. The number of methoxy groups -OCH3 is 1. The minimum atomic E-state index is -0.140. The van der Waals surface area contributed by atoms with Gasteiger partial charge in [-0.25, -0.2) is 0 Å². The third kappa shape index (κ3) is 4.41. The molecule has 0 spiro atoms. The third-order valence-electron chi connectivity index (χ3n) is 2.77. The van der Waals surface area contributed by atoms with Gasteiger partial charge in [-0.2, -0.15) is 0 Å². The lowest BCUT2D eigenvalue weighted by Gasteiger charge is -2.22. The topological polar surface area (TPSA) is 26.3 Å². The minimum Gasteiger partial charge on any atom is -0.379 e. The van der Waals surface area contributed by atoms with Gasteiger partial charge < -0.3 is 4.74 Å². The van der Waals surface area contributed by atoms with E-state index in [2.05, 4.69) is 0 Å². The summed E-state index contributed by atoms with van der Waals surface area (Å²) in [7, 11) is 1.70. The number of Topliss-reactive ketones (excluding diaryl/α,β-unsaturated/α-hetero) is 1. The zero-order valence-corrected chi connectivity index (χ0v) is 8.93. The van der Waals surface area contributed by atoms with Crippen LogP contribution in [0.15, 0.2) is 0 Å². The molecule has 1 saturated carbocycles. The van der Waals surface area contributed by atoms with Crippen LogP contribution in [0.5, 0.6) is 0 Å². The van der Waals surface area contributed by atoms with Crippen LogP contribution in [0.3, 0.4) is 0 Å². The molecule has 0 aliphatic heterocycles. The molecule has 1 fully saturated rings. The maximum absolute atomic E-state index is 11.4. The second-order valence-corrected chi connectivity index (χ2v) is 4.65. The first kappa shape index (κ1) is 10.7. The molecule has 0 unspecified atom stereocenters. The molecule has 0 bridgehead atoms. The van der Waals surface area contributed by atoms with Gasteiger partial charge in [-0.3, -0.25) is 4.79 Å². The molecule has 0 atom stereocenters. The summed E-state index contributed by atoms with van der Waals surface area (Å²) >= 11 is 0. The Hall–Kier alpha value is -0.370. The van der Waals surface area contributed by atoms with Crippen molar-refractivity contribution >= 4 is 5.78 Å². The SMILES string of the molecule is COC(C)(C)CCC(=O)CC1CC1. The van der Waals surface area contributed by atoms with Gasteiger partial charge in [0.1, 0.15) is 5.78 Å². The first-order valence-electron chi connectivity index (χ1n) is 5.10. The largest absolute Gasteiger partial charge is 0.379 e. The van der Waals surface area contributed by atoms with Crippen molar-refractivity contribution < 1.29 is 9.53 Å². The zero-order chi connectivity index (χ0) is 9.90. The Bertz CT molecular complexity index is 181. The van der Waals surface area contributed by atoms with Gasteiger partial charge in [0.15, 0.2) is 0 Å². The van der Waals surface area contributed by atoms with Crippen LogP contribution in [0.2, 0.25) is 0 Å². The molecule has 76 valence electrons. The summed E-state index contributed by atoms with van der Waals surface area (Å²) in [5, 5.41) is 0. The Morgan fingerprint density at radius 3 is 2.54 bits per heavy atom. The summed E-state index contributed by atoms with van der Waals surface area (Å²) in [5.74, 6) is 1.13. The molecule has 1 rings (SSSR count). The number of ether oxygens (including phenoxy) is 1. The van der Waals surface area contributed by atoms with Crippen LogP contribution in [-0.4, -0.2) is 18.5 Å². The fourth-order valence-corrected chi connectivity index (χ4v) is 1.29. The predicted octanol–water partition coefficient (Wildman–Crippen LogP) is 2.56. The van der Waals surface area contributed by atoms with Crippen molar-refractivity contribution in [3.05, 3.63) is 0 Å². The van der Waals surface area contributed by atoms with Crippen LogP contribution in [0.1, 0.15) is 46.0 Å². The van der Waals surface area contributed by atoms with E-state index in [4.69, 9.17) is 4.74 Å². The quantitative estimate of drug-likeness (QED) is 0.634. The van der Waals surface area contributed by atoms with Crippen LogP contribution in [0, 0.1) is 5.92 Å². The van der Waals surface area contributed by atoms with Crippen molar-refractivity contribution in [1.82, 2.24) is 0 Å². The Balaban J connectivity index is 2.13. The average molecular weight is 184 g/mol. The van der Waals surface area contributed by atoms with E-state index in [0.29, 0.717) is 12.2 Å². The van der Waals surface area contributed by atoms with Crippen molar-refractivity contribution in [3.8, 4) is 0 Å². The molecule has 0 amide bonds. The minimum absolute atomic E-state index is 0.140. The Morgan fingerprint density at radius 2 is 2.08 bits per heavy atom. The van der Waals surface area contributed by atoms with E-state index in [1.54, 1.807) is 7.11 Å². The molecule has 0 saturated heterocycles. The molecule has 1 aliphatic carbocycles. The van der Waals surface area contributed by atoms with Crippen LogP contribution in [0.4, 0.5) is 0 Å². The first-order chi connectivity index (χ1) is 6.03. The lowest BCUT2D eigenvalue weighted by atomic mass is 9.99. The number of hydrogen-bond donors (Lipinski definition) is 0. The molecular weight excluding hydrogens is 164 g/mol. The number of carbonyl (C=O) groups excluding carboxylic acids is 1. The molecular formula is C11H20O2. The molecule has 0 N–H and O–H groups in total. The predicted molar refractivity (Wildman–Crippen MR) is 52.7 cm³/mol. The van der Waals surface area contributed by atoms with E-state index in [-0.39, 0.29) is 5.60 Å². The van der Waals surface area contributed by atoms with Crippen molar-refractivity contribution in [3.63, 3.8) is 0 Å². The van der Waals surface area contributed by atoms with E-state index in [1.807, 2.05) is 13.8 Å². The summed E-state index contributed by atoms with van der Waals surface area (Å²) in [5.41, 5.74) is -0.140. The lowest BCUT2D eigenvalue weighted by Crippen LogP contribution is -2.23. The molecule has 1 aliphatic rings. The maximum atomic E-state index is 11.4. The second-order valence-electron chi connectivity index (χ2n) is 4.65. The van der Waals surface area contributed by atoms with E-state index in [1.165, 1.54) is 12.8 Å². The van der Waals surface area contributed by atoms with Crippen molar-refractivity contribution in [2.45, 2.75) is 51.6 Å². The molecule has 0 aromatic rings. The van der Waals surface area contributed by atoms with Gasteiger partial charge in [0, 0.05) is 20.0 Å². The van der Waals surface area contributed by atoms with Crippen molar-refractivity contribution in [2.24, 2.45) is 5.92 Å². The van der Waals surface area contributed by atoms with Crippen LogP contribution < -0.4 is 0 Å². The van der Waals surface area contributed by atoms with E-state index in [9.17, 15) is 4.79 Å². The molecule has 13 heavy (non-hydrogen) atoms. The van der Waals surface area contributed by atoms with Gasteiger partial charge in [0.2, 0.25) is 0 Å². The second kappa shape index (κ2) is 4.23. The number of carbonyl (C=O) groups is 1. The average Bonchev–Trinajstić information content (AvgIpc) is 2.85. The standard InChI is InChI=1S/C11H20O2/c1-11(2,13-3)7-6-10(12)8-9-4-5-9/h9H,4-8H2,1-3H3. The fraction of sp³-hybridized carbons (Fsp3) is 0.909. The first-order valence-corrected chi connectivity index (χ1v) is 5.10. The highest BCUT2D eigenvalue weighted by Crippen LogP contribution is 2.33. The van der Waals surface area contributed by atoms with Crippen LogP contribution in [0.25, 0.3) is 0 Å². The van der Waals surface area contributed by atoms with Crippen molar-refractivity contribution in [2.75, 3.05) is 7.11 Å². The van der Waals surface area contributed by atoms with E-state index in [0.717, 1.165) is 18.8 Å². The molecule has 2 heteroatoms. The van der Waals surface area contributed by atoms with Gasteiger partial charge in [-0.05, 0) is 39.0 Å². The zero-order valence-electron chi connectivity index (χ0n) is 8.93. The number of hydrogen-bond acceptors (Lipinski definition) is 2. The normalized spacial score (nSPS) is 17.5. The van der Waals surface area contributed by atoms with Gasteiger partial charge in [0.05, 0.1) is 5.60 Å². The van der Waals surface area contributed by atoms with Gasteiger partial charge in [0.25, 0.3) is 0 Å². The summed E-state index contributed by atoms with van der Waals surface area (Å²) in [6, 6.07) is 0. The van der Waals surface area contributed by atoms with Gasteiger partial charge >= 0.3 is 0 Å². The Labute approximate surface area is 80.7 Å². The van der Waals surface area contributed by atoms with Crippen molar-refractivity contribution in [1.29, 1.82) is 0 Å². The van der Waals surface area contributed by atoms with Gasteiger partial charge in [-0.15, -0.1) is 0 Å². The number of rotatable bonds is 6. The highest BCUT2D eigenvalue weighted by molar-refractivity contribution is 5.78. The number of ketones is 1. The fourth-order valence-electron chi connectivity index (χ4n) is 1.29. The lowest BCUT2D eigenvalue weighted by molar-refractivity contribution is -0.120.